The van der Waals surface area contributed by atoms with Gasteiger partial charge in [-0.2, -0.15) is 0 Å². The number of rotatable bonds is 4. The van der Waals surface area contributed by atoms with Gasteiger partial charge in [0.05, 0.1) is 5.56 Å². The Morgan fingerprint density at radius 2 is 2.09 bits per heavy atom. The van der Waals surface area contributed by atoms with Crippen LogP contribution in [0.25, 0.3) is 0 Å². The topological polar surface area (TPSA) is 66.3 Å². The predicted octanol–water partition coefficient (Wildman–Crippen LogP) is 2.55. The lowest BCUT2D eigenvalue weighted by atomic mass is 9.98. The summed E-state index contributed by atoms with van der Waals surface area (Å²) in [5.41, 5.74) is 2.50. The third kappa shape index (κ3) is 3.24. The number of carbonyl (C=O) groups is 1. The maximum absolute atomic E-state index is 10.9. The van der Waals surface area contributed by atoms with E-state index in [2.05, 4.69) is 14.9 Å². The molecule has 1 fully saturated rings. The first-order valence-corrected chi connectivity index (χ1v) is 7.48. The fourth-order valence-corrected chi connectivity index (χ4v) is 2.89. The average molecular weight is 297 g/mol. The number of aryl methyl sites for hydroxylation is 1. The van der Waals surface area contributed by atoms with Gasteiger partial charge in [-0.1, -0.05) is 12.1 Å². The van der Waals surface area contributed by atoms with Gasteiger partial charge in [-0.25, -0.2) is 14.8 Å². The van der Waals surface area contributed by atoms with Crippen molar-refractivity contribution in [3.63, 3.8) is 0 Å². The van der Waals surface area contributed by atoms with Gasteiger partial charge in [-0.15, -0.1) is 0 Å². The molecule has 2 aromatic rings. The number of nitrogens with zero attached hydrogens (tertiary/aromatic N) is 3. The van der Waals surface area contributed by atoms with Gasteiger partial charge in [-0.3, -0.25) is 0 Å². The minimum absolute atomic E-state index is 0.338. The Labute approximate surface area is 129 Å². The zero-order valence-corrected chi connectivity index (χ0v) is 12.6. The van der Waals surface area contributed by atoms with Gasteiger partial charge in [0, 0.05) is 25.0 Å². The second-order valence-electron chi connectivity index (χ2n) is 5.80. The van der Waals surface area contributed by atoms with E-state index in [0.29, 0.717) is 11.5 Å². The highest BCUT2D eigenvalue weighted by molar-refractivity contribution is 5.87. The van der Waals surface area contributed by atoms with E-state index in [1.165, 1.54) is 5.56 Å². The minimum atomic E-state index is -0.879. The second kappa shape index (κ2) is 6.13. The molecule has 0 amide bonds. The van der Waals surface area contributed by atoms with Crippen molar-refractivity contribution >= 4 is 11.9 Å². The fourth-order valence-electron chi connectivity index (χ4n) is 2.89. The molecule has 1 saturated heterocycles. The van der Waals surface area contributed by atoms with Gasteiger partial charge in [0.25, 0.3) is 0 Å². The molecule has 5 nitrogen and oxygen atoms in total. The number of hydrogen-bond donors (Lipinski definition) is 1. The van der Waals surface area contributed by atoms with E-state index in [4.69, 9.17) is 5.11 Å². The summed E-state index contributed by atoms with van der Waals surface area (Å²) in [4.78, 5) is 21.9. The molecule has 0 bridgehead atoms. The summed E-state index contributed by atoms with van der Waals surface area (Å²) in [5, 5.41) is 8.92. The largest absolute Gasteiger partial charge is 0.478 e. The fraction of sp³-hybridized carbons (Fsp3) is 0.353. The quantitative estimate of drug-likeness (QED) is 0.939. The van der Waals surface area contributed by atoms with Crippen LogP contribution in [0.4, 0.5) is 5.95 Å². The third-order valence-electron chi connectivity index (χ3n) is 4.08. The number of aromatic carboxylic acids is 1. The number of anilines is 1. The van der Waals surface area contributed by atoms with Crippen LogP contribution in [-0.4, -0.2) is 34.1 Å². The van der Waals surface area contributed by atoms with Gasteiger partial charge in [0.15, 0.2) is 0 Å². The van der Waals surface area contributed by atoms with Crippen LogP contribution in [0.5, 0.6) is 0 Å². The predicted molar refractivity (Wildman–Crippen MR) is 84.2 cm³/mol. The Morgan fingerprint density at radius 3 is 2.77 bits per heavy atom. The van der Waals surface area contributed by atoms with Gasteiger partial charge in [-0.05, 0) is 49.4 Å². The maximum Gasteiger partial charge on any atom is 0.335 e. The summed E-state index contributed by atoms with van der Waals surface area (Å²) < 4.78 is 0. The van der Waals surface area contributed by atoms with Crippen molar-refractivity contribution in [2.45, 2.75) is 19.8 Å². The molecule has 0 radical (unpaired) electrons. The van der Waals surface area contributed by atoms with Gasteiger partial charge < -0.3 is 10.0 Å². The van der Waals surface area contributed by atoms with E-state index in [1.54, 1.807) is 18.3 Å². The molecule has 1 aliphatic rings. The molecule has 0 aliphatic carbocycles. The highest BCUT2D eigenvalue weighted by Crippen LogP contribution is 2.24. The van der Waals surface area contributed by atoms with E-state index < -0.39 is 5.97 Å². The van der Waals surface area contributed by atoms with E-state index in [9.17, 15) is 4.79 Å². The van der Waals surface area contributed by atoms with Crippen LogP contribution >= 0.6 is 0 Å². The van der Waals surface area contributed by atoms with Gasteiger partial charge >= 0.3 is 5.97 Å². The first kappa shape index (κ1) is 14.5. The number of carboxylic acids is 1. The van der Waals surface area contributed by atoms with Crippen LogP contribution in [-0.2, 0) is 6.42 Å². The van der Waals surface area contributed by atoms with Crippen molar-refractivity contribution < 1.29 is 9.90 Å². The second-order valence-corrected chi connectivity index (χ2v) is 5.80. The lowest BCUT2D eigenvalue weighted by molar-refractivity contribution is 0.0697. The van der Waals surface area contributed by atoms with E-state index in [-0.39, 0.29) is 0 Å². The smallest absolute Gasteiger partial charge is 0.335 e. The summed E-state index contributed by atoms with van der Waals surface area (Å²) in [6.45, 7) is 3.90. The molecule has 114 valence electrons. The molecule has 1 aliphatic heterocycles. The highest BCUT2D eigenvalue weighted by Gasteiger charge is 2.24. The van der Waals surface area contributed by atoms with Crippen molar-refractivity contribution in [2.75, 3.05) is 18.0 Å². The first-order valence-electron chi connectivity index (χ1n) is 7.48. The van der Waals surface area contributed by atoms with E-state index in [0.717, 1.165) is 37.6 Å². The zero-order chi connectivity index (χ0) is 15.5. The molecule has 0 spiro atoms. The molecule has 1 atom stereocenters. The number of hydrogen-bond acceptors (Lipinski definition) is 4. The maximum atomic E-state index is 10.9. The molecule has 0 saturated carbocycles. The lowest BCUT2D eigenvalue weighted by Crippen LogP contribution is -2.22. The monoisotopic (exact) mass is 297 g/mol. The van der Waals surface area contributed by atoms with Crippen molar-refractivity contribution in [2.24, 2.45) is 5.92 Å². The Bertz CT molecular complexity index is 670. The van der Waals surface area contributed by atoms with Crippen molar-refractivity contribution in [3.05, 3.63) is 53.3 Å². The van der Waals surface area contributed by atoms with Crippen LogP contribution in [0, 0.1) is 12.8 Å². The molecule has 1 N–H and O–H groups in total. The van der Waals surface area contributed by atoms with Gasteiger partial charge in [0.2, 0.25) is 5.95 Å². The molecule has 2 heterocycles. The average Bonchev–Trinajstić information content (AvgIpc) is 2.96. The number of carboxylic acid groups (broad SMARTS) is 1. The number of aromatic nitrogens is 2. The van der Waals surface area contributed by atoms with Crippen LogP contribution in [0.1, 0.15) is 28.0 Å². The summed E-state index contributed by atoms with van der Waals surface area (Å²) in [6, 6.07) is 9.08. The lowest BCUT2D eigenvalue weighted by Gasteiger charge is -2.16. The van der Waals surface area contributed by atoms with Crippen molar-refractivity contribution in [3.8, 4) is 0 Å². The zero-order valence-electron chi connectivity index (χ0n) is 12.6. The SMILES string of the molecule is Cc1ccnc(N2CCC(Cc3ccc(C(=O)O)cc3)C2)n1. The normalized spacial score (nSPS) is 17.7. The summed E-state index contributed by atoms with van der Waals surface area (Å²) in [5.74, 6) is 0.485. The van der Waals surface area contributed by atoms with Crippen molar-refractivity contribution in [1.82, 2.24) is 9.97 Å². The Balaban J connectivity index is 1.62. The Kier molecular flexibility index (Phi) is 4.04. The van der Waals surface area contributed by atoms with E-state index >= 15 is 0 Å². The molecular formula is C17H19N3O2. The molecular weight excluding hydrogens is 278 g/mol. The summed E-state index contributed by atoms with van der Waals surface area (Å²) in [7, 11) is 0. The summed E-state index contributed by atoms with van der Waals surface area (Å²) >= 11 is 0. The standard InChI is InChI=1S/C17H19N3O2/c1-12-6-8-18-17(19-12)20-9-7-14(11-20)10-13-2-4-15(5-3-13)16(21)22/h2-6,8,14H,7,9-11H2,1H3,(H,21,22). The molecule has 1 aromatic heterocycles. The molecule has 1 unspecified atom stereocenters. The van der Waals surface area contributed by atoms with Crippen LogP contribution in [0.2, 0.25) is 0 Å². The van der Waals surface area contributed by atoms with Crippen LogP contribution in [0.15, 0.2) is 36.5 Å². The van der Waals surface area contributed by atoms with Crippen LogP contribution < -0.4 is 4.90 Å². The van der Waals surface area contributed by atoms with Crippen molar-refractivity contribution in [1.29, 1.82) is 0 Å². The highest BCUT2D eigenvalue weighted by atomic mass is 16.4. The first-order chi connectivity index (χ1) is 10.6. The van der Waals surface area contributed by atoms with Crippen LogP contribution in [0.3, 0.4) is 0 Å². The molecule has 22 heavy (non-hydrogen) atoms. The molecule has 3 rings (SSSR count). The van der Waals surface area contributed by atoms with Gasteiger partial charge in [0.1, 0.15) is 0 Å². The Hall–Kier alpha value is -2.43. The minimum Gasteiger partial charge on any atom is -0.478 e. The Morgan fingerprint density at radius 1 is 1.32 bits per heavy atom. The van der Waals surface area contributed by atoms with E-state index in [1.807, 2.05) is 25.1 Å². The summed E-state index contributed by atoms with van der Waals surface area (Å²) in [6.07, 6.45) is 3.87. The number of benzene rings is 1. The third-order valence-corrected chi connectivity index (χ3v) is 4.08. The molecule has 5 heteroatoms. The molecule has 1 aromatic carbocycles.